The second-order valence-electron chi connectivity index (χ2n) is 5.61. The maximum Gasteiger partial charge on any atom is 0.232 e. The van der Waals surface area contributed by atoms with Crippen LogP contribution < -0.4 is 5.32 Å². The zero-order valence-corrected chi connectivity index (χ0v) is 13.8. The molecule has 1 N–H and O–H groups in total. The summed E-state index contributed by atoms with van der Waals surface area (Å²) in [5, 5.41) is 2.83. The predicted octanol–water partition coefficient (Wildman–Crippen LogP) is 2.33. The minimum atomic E-state index is -0.484. The van der Waals surface area contributed by atoms with E-state index in [2.05, 4.69) is 5.32 Å². The van der Waals surface area contributed by atoms with Crippen molar-refractivity contribution in [3.63, 3.8) is 0 Å². The molecule has 23 heavy (non-hydrogen) atoms. The number of hydrogen-bond donors (Lipinski definition) is 1. The zero-order chi connectivity index (χ0) is 16.8. The van der Waals surface area contributed by atoms with Crippen molar-refractivity contribution >= 4 is 23.6 Å². The number of piperidine rings is 1. The number of carbonyl (C=O) groups excluding carboxylic acids is 2. The lowest BCUT2D eigenvalue weighted by molar-refractivity contribution is -0.130. The van der Waals surface area contributed by atoms with Gasteiger partial charge in [-0.05, 0) is 31.0 Å². The Morgan fingerprint density at radius 3 is 2.91 bits per heavy atom. The van der Waals surface area contributed by atoms with Gasteiger partial charge in [-0.1, -0.05) is 0 Å². The van der Waals surface area contributed by atoms with Gasteiger partial charge < -0.3 is 10.2 Å². The Morgan fingerprint density at radius 2 is 2.17 bits per heavy atom. The van der Waals surface area contributed by atoms with Crippen molar-refractivity contribution in [1.29, 1.82) is 0 Å². The number of benzene rings is 1. The van der Waals surface area contributed by atoms with Gasteiger partial charge in [0.15, 0.2) is 0 Å². The normalized spacial score (nSPS) is 17.9. The van der Waals surface area contributed by atoms with E-state index in [1.54, 1.807) is 4.90 Å². The molecule has 1 aromatic rings. The minimum absolute atomic E-state index is 0.00383. The molecule has 7 heteroatoms. The SMILES string of the molecule is CC(=O)N[C@@H]1CCCN(C(=O)CSCc2cc(F)ccc2F)C1. The van der Waals surface area contributed by atoms with Crippen LogP contribution in [0.2, 0.25) is 0 Å². The summed E-state index contributed by atoms with van der Waals surface area (Å²) >= 11 is 1.26. The van der Waals surface area contributed by atoms with Gasteiger partial charge in [-0.15, -0.1) is 11.8 Å². The number of rotatable bonds is 5. The molecule has 0 aliphatic carbocycles. The highest BCUT2D eigenvalue weighted by molar-refractivity contribution is 7.99. The molecule has 0 spiro atoms. The zero-order valence-electron chi connectivity index (χ0n) is 13.0. The third-order valence-corrected chi connectivity index (χ3v) is 4.64. The summed E-state index contributed by atoms with van der Waals surface area (Å²) in [6.07, 6.45) is 1.71. The van der Waals surface area contributed by atoms with E-state index in [0.717, 1.165) is 31.0 Å². The minimum Gasteiger partial charge on any atom is -0.352 e. The summed E-state index contributed by atoms with van der Waals surface area (Å²) < 4.78 is 26.6. The van der Waals surface area contributed by atoms with Crippen molar-refractivity contribution in [3.05, 3.63) is 35.4 Å². The molecule has 1 fully saturated rings. The van der Waals surface area contributed by atoms with Gasteiger partial charge in [0.2, 0.25) is 11.8 Å². The van der Waals surface area contributed by atoms with Gasteiger partial charge in [-0.2, -0.15) is 0 Å². The molecule has 1 aromatic carbocycles. The number of hydrogen-bond acceptors (Lipinski definition) is 3. The highest BCUT2D eigenvalue weighted by Crippen LogP contribution is 2.18. The van der Waals surface area contributed by atoms with Gasteiger partial charge >= 0.3 is 0 Å². The van der Waals surface area contributed by atoms with Crippen molar-refractivity contribution in [3.8, 4) is 0 Å². The highest BCUT2D eigenvalue weighted by Gasteiger charge is 2.23. The molecule has 1 aliphatic heterocycles. The van der Waals surface area contributed by atoms with Gasteiger partial charge in [0.25, 0.3) is 0 Å². The maximum atomic E-state index is 13.5. The first-order chi connectivity index (χ1) is 11.0. The van der Waals surface area contributed by atoms with E-state index in [1.165, 1.54) is 18.7 Å². The molecule has 4 nitrogen and oxygen atoms in total. The molecule has 0 radical (unpaired) electrons. The van der Waals surface area contributed by atoms with Crippen molar-refractivity contribution in [2.45, 2.75) is 31.6 Å². The van der Waals surface area contributed by atoms with E-state index in [9.17, 15) is 18.4 Å². The van der Waals surface area contributed by atoms with Gasteiger partial charge in [0, 0.05) is 37.4 Å². The Hall–Kier alpha value is -1.63. The summed E-state index contributed by atoms with van der Waals surface area (Å²) in [4.78, 5) is 25.0. The van der Waals surface area contributed by atoms with Crippen molar-refractivity contribution in [2.75, 3.05) is 18.8 Å². The first kappa shape index (κ1) is 17.7. The molecule has 2 amide bonds. The number of nitrogens with one attached hydrogen (secondary N) is 1. The lowest BCUT2D eigenvalue weighted by Crippen LogP contribution is -2.49. The van der Waals surface area contributed by atoms with Crippen LogP contribution >= 0.6 is 11.8 Å². The molecule has 126 valence electrons. The summed E-state index contributed by atoms with van der Waals surface area (Å²) in [6, 6.07) is 3.32. The van der Waals surface area contributed by atoms with E-state index in [-0.39, 0.29) is 34.9 Å². The van der Waals surface area contributed by atoms with E-state index in [4.69, 9.17) is 0 Å². The molecule has 0 bridgehead atoms. The number of likely N-dealkylation sites (tertiary alicyclic amines) is 1. The molecular weight excluding hydrogens is 322 g/mol. The Labute approximate surface area is 138 Å². The Morgan fingerprint density at radius 1 is 1.39 bits per heavy atom. The van der Waals surface area contributed by atoms with Gasteiger partial charge in [0.1, 0.15) is 11.6 Å². The predicted molar refractivity (Wildman–Crippen MR) is 85.9 cm³/mol. The molecule has 0 aromatic heterocycles. The molecule has 0 unspecified atom stereocenters. The first-order valence-corrected chi connectivity index (χ1v) is 8.67. The third-order valence-electron chi connectivity index (χ3n) is 3.67. The summed E-state index contributed by atoms with van der Waals surface area (Å²) in [5.74, 6) is -0.624. The number of halogens is 2. The average Bonchev–Trinajstić information content (AvgIpc) is 2.50. The fraction of sp³-hybridized carbons (Fsp3) is 0.500. The lowest BCUT2D eigenvalue weighted by Gasteiger charge is -2.33. The van der Waals surface area contributed by atoms with Gasteiger partial charge in [0.05, 0.1) is 5.75 Å². The van der Waals surface area contributed by atoms with Crippen LogP contribution in [0.4, 0.5) is 8.78 Å². The van der Waals surface area contributed by atoms with Gasteiger partial charge in [-0.3, -0.25) is 9.59 Å². The smallest absolute Gasteiger partial charge is 0.232 e. The third kappa shape index (κ3) is 5.49. The summed E-state index contributed by atoms with van der Waals surface area (Å²) in [5.41, 5.74) is 0.262. The van der Waals surface area contributed by atoms with E-state index in [0.29, 0.717) is 13.1 Å². The Kier molecular flexibility index (Phi) is 6.38. The van der Waals surface area contributed by atoms with Crippen LogP contribution in [-0.2, 0) is 15.3 Å². The van der Waals surface area contributed by atoms with Crippen LogP contribution in [0.1, 0.15) is 25.3 Å². The van der Waals surface area contributed by atoms with E-state index < -0.39 is 11.6 Å². The first-order valence-electron chi connectivity index (χ1n) is 7.52. The molecule has 1 heterocycles. The quantitative estimate of drug-likeness (QED) is 0.893. The highest BCUT2D eigenvalue weighted by atomic mass is 32.2. The summed E-state index contributed by atoms with van der Waals surface area (Å²) in [6.45, 7) is 2.64. The topological polar surface area (TPSA) is 49.4 Å². The Bertz CT molecular complexity index is 583. The van der Waals surface area contributed by atoms with Crippen LogP contribution in [-0.4, -0.2) is 41.6 Å². The molecule has 1 aliphatic rings. The maximum absolute atomic E-state index is 13.5. The van der Waals surface area contributed by atoms with Crippen LogP contribution in [0.3, 0.4) is 0 Å². The van der Waals surface area contributed by atoms with Gasteiger partial charge in [-0.25, -0.2) is 8.78 Å². The second-order valence-corrected chi connectivity index (χ2v) is 6.59. The summed E-state index contributed by atoms with van der Waals surface area (Å²) in [7, 11) is 0. The Balaban J connectivity index is 1.80. The fourth-order valence-corrected chi connectivity index (χ4v) is 3.50. The largest absolute Gasteiger partial charge is 0.352 e. The van der Waals surface area contributed by atoms with Crippen molar-refractivity contribution in [1.82, 2.24) is 10.2 Å². The van der Waals surface area contributed by atoms with E-state index >= 15 is 0 Å². The number of carbonyl (C=O) groups is 2. The number of amides is 2. The molecule has 2 rings (SSSR count). The standard InChI is InChI=1S/C16H20F2N2O2S/c1-11(21)19-14-3-2-6-20(8-14)16(22)10-23-9-12-7-13(17)4-5-15(12)18/h4-5,7,14H,2-3,6,8-10H2,1H3,(H,19,21)/t14-/m1/s1. The lowest BCUT2D eigenvalue weighted by atomic mass is 10.1. The average molecular weight is 342 g/mol. The van der Waals surface area contributed by atoms with E-state index in [1.807, 2.05) is 0 Å². The molecular formula is C16H20F2N2O2S. The van der Waals surface area contributed by atoms with Crippen molar-refractivity contribution in [2.24, 2.45) is 0 Å². The fourth-order valence-electron chi connectivity index (χ4n) is 2.60. The monoisotopic (exact) mass is 342 g/mol. The molecule has 1 atom stereocenters. The van der Waals surface area contributed by atoms with Crippen molar-refractivity contribution < 1.29 is 18.4 Å². The van der Waals surface area contributed by atoms with Crippen LogP contribution in [0.25, 0.3) is 0 Å². The van der Waals surface area contributed by atoms with Crippen LogP contribution in [0.5, 0.6) is 0 Å². The molecule has 1 saturated heterocycles. The van der Waals surface area contributed by atoms with Crippen LogP contribution in [0.15, 0.2) is 18.2 Å². The number of thioether (sulfide) groups is 1. The van der Waals surface area contributed by atoms with Crippen LogP contribution in [0, 0.1) is 11.6 Å². The number of nitrogens with zero attached hydrogens (tertiary/aromatic N) is 1. The molecule has 0 saturated carbocycles. The second kappa shape index (κ2) is 8.29.